The van der Waals surface area contributed by atoms with Crippen molar-refractivity contribution in [2.45, 2.75) is 13.8 Å². The lowest BCUT2D eigenvalue weighted by Crippen LogP contribution is -2.14. The first-order valence-electron chi connectivity index (χ1n) is 4.68. The van der Waals surface area contributed by atoms with Gasteiger partial charge in [0.05, 0.1) is 11.6 Å². The maximum absolute atomic E-state index is 11.0. The Balaban J connectivity index is 2.57. The average molecular weight is 229 g/mol. The van der Waals surface area contributed by atoms with Gasteiger partial charge in [-0.1, -0.05) is 17.7 Å². The number of carbonyl (C=O) groups excluding carboxylic acids is 1. The Hall–Kier alpha value is -1.22. The summed E-state index contributed by atoms with van der Waals surface area (Å²) in [5.74, 6) is 0.111. The Morgan fingerprint density at radius 2 is 2.20 bits per heavy atom. The van der Waals surface area contributed by atoms with Gasteiger partial charge in [0.15, 0.2) is 6.61 Å². The van der Waals surface area contributed by atoms with Crippen LogP contribution >= 0.6 is 11.6 Å². The van der Waals surface area contributed by atoms with Gasteiger partial charge in [0.1, 0.15) is 5.75 Å². The van der Waals surface area contributed by atoms with Crippen molar-refractivity contribution in [1.29, 1.82) is 0 Å². The molecule has 0 heterocycles. The summed E-state index contributed by atoms with van der Waals surface area (Å²) in [7, 11) is 0. The largest absolute Gasteiger partial charge is 0.480 e. The Labute approximate surface area is 93.9 Å². The van der Waals surface area contributed by atoms with Crippen molar-refractivity contribution in [2.75, 3.05) is 13.2 Å². The standard InChI is InChI=1S/C11H13ClO3/c1-3-14-11(13)7-15-10-6-8(2)4-5-9(10)12/h4-6H,3,7H2,1-2H3. The zero-order valence-corrected chi connectivity index (χ0v) is 9.50. The maximum Gasteiger partial charge on any atom is 0.344 e. The number of hydrogen-bond acceptors (Lipinski definition) is 3. The predicted octanol–water partition coefficient (Wildman–Crippen LogP) is 2.59. The monoisotopic (exact) mass is 228 g/mol. The Morgan fingerprint density at radius 1 is 1.47 bits per heavy atom. The van der Waals surface area contributed by atoms with Crippen LogP contribution in [0.4, 0.5) is 0 Å². The van der Waals surface area contributed by atoms with Crippen molar-refractivity contribution < 1.29 is 14.3 Å². The summed E-state index contributed by atoms with van der Waals surface area (Å²) in [4.78, 5) is 11.0. The second kappa shape index (κ2) is 5.61. The lowest BCUT2D eigenvalue weighted by Gasteiger charge is -2.07. The van der Waals surface area contributed by atoms with Gasteiger partial charge in [-0.3, -0.25) is 0 Å². The number of aryl methyl sites for hydroxylation is 1. The van der Waals surface area contributed by atoms with Crippen molar-refractivity contribution in [2.24, 2.45) is 0 Å². The van der Waals surface area contributed by atoms with Crippen LogP contribution in [0.2, 0.25) is 5.02 Å². The first-order valence-corrected chi connectivity index (χ1v) is 5.06. The van der Waals surface area contributed by atoms with E-state index in [1.165, 1.54) is 0 Å². The fourth-order valence-corrected chi connectivity index (χ4v) is 1.23. The van der Waals surface area contributed by atoms with Gasteiger partial charge in [0.2, 0.25) is 0 Å². The molecule has 82 valence electrons. The van der Waals surface area contributed by atoms with Gasteiger partial charge in [-0.15, -0.1) is 0 Å². The van der Waals surface area contributed by atoms with Crippen LogP contribution in [0.15, 0.2) is 18.2 Å². The third-order valence-corrected chi connectivity index (χ3v) is 2.05. The van der Waals surface area contributed by atoms with Crippen molar-refractivity contribution in [3.63, 3.8) is 0 Å². The van der Waals surface area contributed by atoms with Gasteiger partial charge in [-0.25, -0.2) is 4.79 Å². The molecule has 4 heteroatoms. The zero-order chi connectivity index (χ0) is 11.3. The predicted molar refractivity (Wildman–Crippen MR) is 58.3 cm³/mol. The van der Waals surface area contributed by atoms with Crippen LogP contribution in [0.3, 0.4) is 0 Å². The molecule has 0 saturated heterocycles. The van der Waals surface area contributed by atoms with Crippen LogP contribution in [0, 0.1) is 6.92 Å². The highest BCUT2D eigenvalue weighted by Gasteiger charge is 2.06. The van der Waals surface area contributed by atoms with Crippen molar-refractivity contribution in [3.05, 3.63) is 28.8 Å². The smallest absolute Gasteiger partial charge is 0.344 e. The van der Waals surface area contributed by atoms with E-state index in [9.17, 15) is 4.79 Å². The van der Waals surface area contributed by atoms with E-state index in [0.717, 1.165) is 5.56 Å². The normalized spacial score (nSPS) is 9.80. The van der Waals surface area contributed by atoms with Crippen molar-refractivity contribution in [1.82, 2.24) is 0 Å². The minimum absolute atomic E-state index is 0.114. The number of carbonyl (C=O) groups is 1. The zero-order valence-electron chi connectivity index (χ0n) is 8.75. The molecule has 0 aliphatic rings. The molecule has 0 aliphatic heterocycles. The summed E-state index contributed by atoms with van der Waals surface area (Å²) in [6.07, 6.45) is 0. The van der Waals surface area contributed by atoms with E-state index >= 15 is 0 Å². The Morgan fingerprint density at radius 3 is 2.87 bits per heavy atom. The Kier molecular flexibility index (Phi) is 4.43. The summed E-state index contributed by atoms with van der Waals surface area (Å²) in [5, 5.41) is 0.491. The molecule has 0 N–H and O–H groups in total. The molecular weight excluding hydrogens is 216 g/mol. The third kappa shape index (κ3) is 3.80. The van der Waals surface area contributed by atoms with Gasteiger partial charge in [0.25, 0.3) is 0 Å². The van der Waals surface area contributed by atoms with Crippen LogP contribution in [0.5, 0.6) is 5.75 Å². The number of hydrogen-bond donors (Lipinski definition) is 0. The maximum atomic E-state index is 11.0. The van der Waals surface area contributed by atoms with Gasteiger partial charge in [-0.2, -0.15) is 0 Å². The molecule has 0 bridgehead atoms. The molecule has 0 unspecified atom stereocenters. The highest BCUT2D eigenvalue weighted by Crippen LogP contribution is 2.25. The molecule has 1 aromatic rings. The second-order valence-corrected chi connectivity index (χ2v) is 3.43. The number of ether oxygens (including phenoxy) is 2. The fourth-order valence-electron chi connectivity index (χ4n) is 1.06. The highest BCUT2D eigenvalue weighted by atomic mass is 35.5. The van der Waals surface area contributed by atoms with Crippen LogP contribution in [0.25, 0.3) is 0 Å². The molecular formula is C11H13ClO3. The van der Waals surface area contributed by atoms with Gasteiger partial charge in [0, 0.05) is 0 Å². The molecule has 15 heavy (non-hydrogen) atoms. The molecule has 0 spiro atoms. The molecule has 0 radical (unpaired) electrons. The van der Waals surface area contributed by atoms with Crippen molar-refractivity contribution >= 4 is 17.6 Å². The van der Waals surface area contributed by atoms with Crippen LogP contribution in [-0.2, 0) is 9.53 Å². The number of halogens is 1. The van der Waals surface area contributed by atoms with Crippen LogP contribution in [0.1, 0.15) is 12.5 Å². The lowest BCUT2D eigenvalue weighted by atomic mass is 10.2. The second-order valence-electron chi connectivity index (χ2n) is 3.03. The molecule has 3 nitrogen and oxygen atoms in total. The van der Waals surface area contributed by atoms with E-state index in [4.69, 9.17) is 21.1 Å². The average Bonchev–Trinajstić information content (AvgIpc) is 2.20. The fraction of sp³-hybridized carbons (Fsp3) is 0.364. The topological polar surface area (TPSA) is 35.5 Å². The van der Waals surface area contributed by atoms with E-state index in [-0.39, 0.29) is 6.61 Å². The first-order chi connectivity index (χ1) is 7.13. The van der Waals surface area contributed by atoms with Crippen LogP contribution < -0.4 is 4.74 Å². The molecule has 0 aromatic heterocycles. The molecule has 0 aliphatic carbocycles. The molecule has 0 saturated carbocycles. The van der Waals surface area contributed by atoms with Crippen molar-refractivity contribution in [3.8, 4) is 5.75 Å². The molecule has 1 rings (SSSR count). The van der Waals surface area contributed by atoms with Crippen LogP contribution in [-0.4, -0.2) is 19.2 Å². The highest BCUT2D eigenvalue weighted by molar-refractivity contribution is 6.32. The first kappa shape index (κ1) is 11.9. The van der Waals surface area contributed by atoms with E-state index < -0.39 is 5.97 Å². The van der Waals surface area contributed by atoms with Gasteiger partial charge < -0.3 is 9.47 Å². The number of esters is 1. The van der Waals surface area contributed by atoms with E-state index in [1.807, 2.05) is 13.0 Å². The van der Waals surface area contributed by atoms with E-state index in [2.05, 4.69) is 0 Å². The molecule has 0 amide bonds. The minimum Gasteiger partial charge on any atom is -0.480 e. The van der Waals surface area contributed by atoms with E-state index in [1.54, 1.807) is 19.1 Å². The van der Waals surface area contributed by atoms with E-state index in [0.29, 0.717) is 17.4 Å². The lowest BCUT2D eigenvalue weighted by molar-refractivity contribution is -0.145. The SMILES string of the molecule is CCOC(=O)COc1cc(C)ccc1Cl. The third-order valence-electron chi connectivity index (χ3n) is 1.74. The summed E-state index contributed by atoms with van der Waals surface area (Å²) < 4.78 is 9.95. The summed E-state index contributed by atoms with van der Waals surface area (Å²) in [6.45, 7) is 3.91. The summed E-state index contributed by atoms with van der Waals surface area (Å²) in [5.41, 5.74) is 1.03. The quantitative estimate of drug-likeness (QED) is 0.743. The van der Waals surface area contributed by atoms with Gasteiger partial charge >= 0.3 is 5.97 Å². The van der Waals surface area contributed by atoms with Gasteiger partial charge in [-0.05, 0) is 31.5 Å². The summed E-state index contributed by atoms with van der Waals surface area (Å²) in [6, 6.07) is 5.39. The number of benzene rings is 1. The number of rotatable bonds is 4. The molecule has 0 fully saturated rings. The minimum atomic E-state index is -0.393. The Bertz CT molecular complexity index is 350. The molecule has 1 aromatic carbocycles. The molecule has 0 atom stereocenters. The summed E-state index contributed by atoms with van der Waals surface area (Å²) >= 11 is 5.88.